The summed E-state index contributed by atoms with van der Waals surface area (Å²) in [7, 11) is 1.29. The third-order valence-corrected chi connectivity index (χ3v) is 4.29. The summed E-state index contributed by atoms with van der Waals surface area (Å²) < 4.78 is 4.74. The summed E-state index contributed by atoms with van der Waals surface area (Å²) in [5, 5.41) is 6.55. The lowest BCUT2D eigenvalue weighted by atomic mass is 10.1. The lowest BCUT2D eigenvalue weighted by Gasteiger charge is -2.12. The van der Waals surface area contributed by atoms with Gasteiger partial charge in [-0.1, -0.05) is 29.8 Å². The minimum absolute atomic E-state index is 0.198. The van der Waals surface area contributed by atoms with Gasteiger partial charge >= 0.3 is 5.97 Å². The van der Waals surface area contributed by atoms with Crippen LogP contribution in [0.2, 0.25) is 5.02 Å². The first-order valence-corrected chi connectivity index (χ1v) is 8.83. The highest BCUT2D eigenvalue weighted by molar-refractivity contribution is 6.30. The van der Waals surface area contributed by atoms with Crippen molar-refractivity contribution in [1.82, 2.24) is 4.98 Å². The topological polar surface area (TPSA) is 80.3 Å². The lowest BCUT2D eigenvalue weighted by Crippen LogP contribution is -2.16. The predicted octanol–water partition coefficient (Wildman–Crippen LogP) is 4.83. The number of anilines is 3. The second-order valence-corrected chi connectivity index (χ2v) is 6.44. The van der Waals surface area contributed by atoms with Crippen molar-refractivity contribution >= 4 is 40.5 Å². The van der Waals surface area contributed by atoms with E-state index in [-0.39, 0.29) is 11.3 Å². The first-order valence-electron chi connectivity index (χ1n) is 8.46. The van der Waals surface area contributed by atoms with E-state index in [1.165, 1.54) is 13.3 Å². The molecule has 0 saturated carbocycles. The van der Waals surface area contributed by atoms with Crippen LogP contribution in [0.15, 0.2) is 60.8 Å². The van der Waals surface area contributed by atoms with E-state index in [4.69, 9.17) is 16.3 Å². The predicted molar refractivity (Wildman–Crippen MR) is 109 cm³/mol. The van der Waals surface area contributed by atoms with Gasteiger partial charge in [-0.15, -0.1) is 0 Å². The Morgan fingerprint density at radius 1 is 1.04 bits per heavy atom. The molecule has 0 spiro atoms. The molecule has 1 heterocycles. The molecule has 0 aliphatic carbocycles. The minimum Gasteiger partial charge on any atom is -0.465 e. The third kappa shape index (κ3) is 4.47. The number of nitrogens with one attached hydrogen (secondary N) is 2. The Hall–Kier alpha value is -3.38. The zero-order valence-electron chi connectivity index (χ0n) is 15.3. The van der Waals surface area contributed by atoms with E-state index in [9.17, 15) is 9.59 Å². The maximum absolute atomic E-state index is 12.6. The zero-order chi connectivity index (χ0) is 20.1. The molecule has 3 rings (SSSR count). The summed E-state index contributed by atoms with van der Waals surface area (Å²) in [4.78, 5) is 28.6. The van der Waals surface area contributed by atoms with Gasteiger partial charge in [0.05, 0.1) is 18.4 Å². The number of methoxy groups -OCH3 is 1. The van der Waals surface area contributed by atoms with E-state index < -0.39 is 11.9 Å². The number of hydrogen-bond acceptors (Lipinski definition) is 5. The number of aryl methyl sites for hydroxylation is 1. The molecule has 142 valence electrons. The van der Waals surface area contributed by atoms with Crippen molar-refractivity contribution in [3.05, 3.63) is 82.6 Å². The van der Waals surface area contributed by atoms with Gasteiger partial charge in [0.1, 0.15) is 5.69 Å². The number of hydrogen-bond donors (Lipinski definition) is 2. The average Bonchev–Trinajstić information content (AvgIpc) is 2.71. The molecule has 0 atom stereocenters. The first-order chi connectivity index (χ1) is 13.5. The molecule has 1 amide bonds. The zero-order valence-corrected chi connectivity index (χ0v) is 16.1. The van der Waals surface area contributed by atoms with E-state index in [1.807, 2.05) is 25.1 Å². The van der Waals surface area contributed by atoms with Crippen LogP contribution in [-0.4, -0.2) is 24.0 Å². The van der Waals surface area contributed by atoms with Crippen LogP contribution in [0.3, 0.4) is 0 Å². The Balaban J connectivity index is 1.82. The normalized spacial score (nSPS) is 10.2. The maximum atomic E-state index is 12.6. The monoisotopic (exact) mass is 395 g/mol. The van der Waals surface area contributed by atoms with Gasteiger partial charge in [0, 0.05) is 22.6 Å². The van der Waals surface area contributed by atoms with Crippen molar-refractivity contribution in [1.29, 1.82) is 0 Å². The smallest absolute Gasteiger partial charge is 0.339 e. The van der Waals surface area contributed by atoms with E-state index in [0.29, 0.717) is 16.4 Å². The molecule has 2 N–H and O–H groups in total. The van der Waals surface area contributed by atoms with Gasteiger partial charge in [-0.2, -0.15) is 0 Å². The molecular formula is C21H18ClN3O3. The fraction of sp³-hybridized carbons (Fsp3) is 0.0952. The van der Waals surface area contributed by atoms with E-state index in [1.54, 1.807) is 36.4 Å². The Kier molecular flexibility index (Phi) is 5.91. The molecular weight excluding hydrogens is 378 g/mol. The fourth-order valence-corrected chi connectivity index (χ4v) is 2.76. The number of esters is 1. The Morgan fingerprint density at radius 2 is 1.82 bits per heavy atom. The van der Waals surface area contributed by atoms with Crippen LogP contribution < -0.4 is 10.6 Å². The molecule has 0 bridgehead atoms. The van der Waals surface area contributed by atoms with Crippen molar-refractivity contribution in [2.75, 3.05) is 17.7 Å². The summed E-state index contributed by atoms with van der Waals surface area (Å²) in [5.74, 6) is -0.974. The third-order valence-electron chi connectivity index (χ3n) is 4.05. The number of halogens is 1. The Labute approximate surface area is 167 Å². The SMILES string of the molecule is COC(=O)c1ccccc1NC(=O)c1cc(Nc2cc(Cl)ccc2C)ccn1. The standard InChI is InChI=1S/C21H18ClN3O3/c1-13-7-8-14(22)11-18(13)24-15-9-10-23-19(12-15)20(26)25-17-6-4-3-5-16(17)21(27)28-2/h3-12H,1-2H3,(H,23,24)(H,25,26). The van der Waals surface area contributed by atoms with Gasteiger partial charge in [0.2, 0.25) is 0 Å². The fourth-order valence-electron chi connectivity index (χ4n) is 2.58. The van der Waals surface area contributed by atoms with Crippen molar-refractivity contribution in [3.8, 4) is 0 Å². The molecule has 0 aliphatic heterocycles. The number of carbonyl (C=O) groups excluding carboxylic acids is 2. The van der Waals surface area contributed by atoms with Crippen LogP contribution >= 0.6 is 11.6 Å². The number of nitrogens with zero attached hydrogens (tertiary/aromatic N) is 1. The van der Waals surface area contributed by atoms with Crippen molar-refractivity contribution in [2.24, 2.45) is 0 Å². The molecule has 0 saturated heterocycles. The van der Waals surface area contributed by atoms with Crippen LogP contribution in [0.1, 0.15) is 26.4 Å². The number of pyridine rings is 1. The summed E-state index contributed by atoms with van der Waals surface area (Å²) in [6, 6.07) is 15.5. The van der Waals surface area contributed by atoms with Crippen LogP contribution in [0.4, 0.5) is 17.1 Å². The van der Waals surface area contributed by atoms with Crippen LogP contribution in [0.25, 0.3) is 0 Å². The van der Waals surface area contributed by atoms with E-state index >= 15 is 0 Å². The highest BCUT2D eigenvalue weighted by Gasteiger charge is 2.15. The number of aromatic nitrogens is 1. The number of rotatable bonds is 5. The maximum Gasteiger partial charge on any atom is 0.339 e. The number of amides is 1. The van der Waals surface area contributed by atoms with Crippen LogP contribution in [0.5, 0.6) is 0 Å². The van der Waals surface area contributed by atoms with Gasteiger partial charge < -0.3 is 15.4 Å². The Morgan fingerprint density at radius 3 is 2.61 bits per heavy atom. The van der Waals surface area contributed by atoms with Crippen LogP contribution in [0, 0.1) is 6.92 Å². The first kappa shape index (κ1) is 19.4. The molecule has 0 unspecified atom stereocenters. The van der Waals surface area contributed by atoms with Crippen molar-refractivity contribution in [3.63, 3.8) is 0 Å². The minimum atomic E-state index is -0.532. The molecule has 0 radical (unpaired) electrons. The highest BCUT2D eigenvalue weighted by Crippen LogP contribution is 2.24. The number of para-hydroxylation sites is 1. The summed E-state index contributed by atoms with van der Waals surface area (Å²) >= 11 is 6.05. The molecule has 2 aromatic carbocycles. The molecule has 28 heavy (non-hydrogen) atoms. The molecule has 1 aromatic heterocycles. The highest BCUT2D eigenvalue weighted by atomic mass is 35.5. The summed E-state index contributed by atoms with van der Waals surface area (Å²) in [6.07, 6.45) is 1.53. The second-order valence-electron chi connectivity index (χ2n) is 6.01. The number of benzene rings is 2. The van der Waals surface area contributed by atoms with Gasteiger partial charge in [-0.05, 0) is 48.9 Å². The molecule has 0 aliphatic rings. The molecule has 3 aromatic rings. The largest absolute Gasteiger partial charge is 0.465 e. The van der Waals surface area contributed by atoms with Gasteiger partial charge in [-0.3, -0.25) is 9.78 Å². The van der Waals surface area contributed by atoms with Gasteiger partial charge in [-0.25, -0.2) is 4.79 Å². The van der Waals surface area contributed by atoms with Gasteiger partial charge in [0.25, 0.3) is 5.91 Å². The second kappa shape index (κ2) is 8.54. The van der Waals surface area contributed by atoms with Gasteiger partial charge in [0.15, 0.2) is 0 Å². The quantitative estimate of drug-likeness (QED) is 0.605. The van der Waals surface area contributed by atoms with E-state index in [0.717, 1.165) is 11.3 Å². The Bertz CT molecular complexity index is 1040. The lowest BCUT2D eigenvalue weighted by molar-refractivity contribution is 0.0602. The summed E-state index contributed by atoms with van der Waals surface area (Å²) in [6.45, 7) is 1.96. The van der Waals surface area contributed by atoms with E-state index in [2.05, 4.69) is 15.6 Å². The number of ether oxygens (including phenoxy) is 1. The molecule has 6 nitrogen and oxygen atoms in total. The number of carbonyl (C=O) groups is 2. The molecule has 7 heteroatoms. The average molecular weight is 396 g/mol. The summed E-state index contributed by atoms with van der Waals surface area (Å²) in [5.41, 5.74) is 3.35. The van der Waals surface area contributed by atoms with Crippen LogP contribution in [-0.2, 0) is 4.74 Å². The van der Waals surface area contributed by atoms with Crippen molar-refractivity contribution in [2.45, 2.75) is 6.92 Å². The molecule has 0 fully saturated rings. The van der Waals surface area contributed by atoms with Crippen molar-refractivity contribution < 1.29 is 14.3 Å².